The molecule has 0 aliphatic heterocycles. The number of hydrogen-bond acceptors (Lipinski definition) is 3. The number of alkyl carbamates (subject to hydrolysis) is 1. The fourth-order valence-electron chi connectivity index (χ4n) is 2.87. The molecule has 2 rings (SSSR count). The van der Waals surface area contributed by atoms with Gasteiger partial charge >= 0.3 is 6.09 Å². The first kappa shape index (κ1) is 19.3. The summed E-state index contributed by atoms with van der Waals surface area (Å²) in [5.74, 6) is -3.89. The van der Waals surface area contributed by atoms with Gasteiger partial charge in [-0.2, -0.15) is 0 Å². The van der Waals surface area contributed by atoms with Crippen molar-refractivity contribution >= 4 is 6.09 Å². The number of ether oxygens (including phenoxy) is 1. The summed E-state index contributed by atoms with van der Waals surface area (Å²) in [7, 11) is 0. The van der Waals surface area contributed by atoms with Crippen molar-refractivity contribution in [3.8, 4) is 0 Å². The van der Waals surface area contributed by atoms with Gasteiger partial charge in [0.25, 0.3) is 0 Å². The third kappa shape index (κ3) is 4.98. The first-order valence-electron chi connectivity index (χ1n) is 8.03. The number of aliphatic hydroxyl groups excluding tert-OH is 1. The Morgan fingerprint density at radius 3 is 2.48 bits per heavy atom. The molecule has 0 bridgehead atoms. The predicted octanol–water partition coefficient (Wildman–Crippen LogP) is 3.79. The molecule has 1 aliphatic rings. The van der Waals surface area contributed by atoms with Crippen LogP contribution in [-0.4, -0.2) is 29.4 Å². The molecule has 1 aliphatic carbocycles. The van der Waals surface area contributed by atoms with Gasteiger partial charge in [-0.25, -0.2) is 18.0 Å². The number of nitrogens with one attached hydrogen (secondary N) is 1. The zero-order chi connectivity index (χ0) is 18.8. The highest BCUT2D eigenvalue weighted by molar-refractivity contribution is 5.68. The van der Waals surface area contributed by atoms with Gasteiger partial charge in [0.2, 0.25) is 0 Å². The standard InChI is InChI=1S/C18H22F3NO3/c1-18(2,3)25-17(24)22-16-6-10(9-23)4-5-11(16)12-7-14(20)15(21)8-13(12)19/h4,7-8,11,16,23H,5-6,9H2,1-3H3,(H,22,24). The maximum atomic E-state index is 14.2. The van der Waals surface area contributed by atoms with E-state index in [2.05, 4.69) is 5.32 Å². The fraction of sp³-hybridized carbons (Fsp3) is 0.500. The molecule has 7 heteroatoms. The third-order valence-corrected chi connectivity index (χ3v) is 3.97. The SMILES string of the molecule is CC(C)(C)OC(=O)NC1CC(CO)=CCC1c1cc(F)c(F)cc1F. The Morgan fingerprint density at radius 1 is 1.24 bits per heavy atom. The van der Waals surface area contributed by atoms with E-state index in [0.29, 0.717) is 11.6 Å². The van der Waals surface area contributed by atoms with Gasteiger partial charge in [0.15, 0.2) is 11.6 Å². The van der Waals surface area contributed by atoms with Crippen LogP contribution in [0.15, 0.2) is 23.8 Å². The van der Waals surface area contributed by atoms with Crippen LogP contribution in [0.2, 0.25) is 0 Å². The van der Waals surface area contributed by atoms with E-state index < -0.39 is 41.1 Å². The number of allylic oxidation sites excluding steroid dienone is 1. The van der Waals surface area contributed by atoms with E-state index in [0.717, 1.165) is 6.07 Å². The molecule has 0 radical (unpaired) electrons. The number of hydrogen-bond donors (Lipinski definition) is 2. The molecule has 4 nitrogen and oxygen atoms in total. The third-order valence-electron chi connectivity index (χ3n) is 3.97. The summed E-state index contributed by atoms with van der Waals surface area (Å²) in [5, 5.41) is 12.0. The van der Waals surface area contributed by atoms with Gasteiger partial charge < -0.3 is 15.2 Å². The minimum absolute atomic E-state index is 0.0202. The summed E-state index contributed by atoms with van der Waals surface area (Å²) in [6.07, 6.45) is 1.57. The van der Waals surface area contributed by atoms with E-state index in [1.807, 2.05) is 0 Å². The van der Waals surface area contributed by atoms with E-state index in [4.69, 9.17) is 4.74 Å². The van der Waals surface area contributed by atoms with Crippen molar-refractivity contribution in [2.45, 2.75) is 51.2 Å². The van der Waals surface area contributed by atoms with Crippen molar-refractivity contribution in [3.63, 3.8) is 0 Å². The quantitative estimate of drug-likeness (QED) is 0.639. The van der Waals surface area contributed by atoms with Crippen molar-refractivity contribution < 1.29 is 27.8 Å². The zero-order valence-electron chi connectivity index (χ0n) is 14.4. The van der Waals surface area contributed by atoms with Gasteiger partial charge in [0.1, 0.15) is 11.4 Å². The van der Waals surface area contributed by atoms with Crippen LogP contribution in [0.5, 0.6) is 0 Å². The molecule has 2 atom stereocenters. The highest BCUT2D eigenvalue weighted by Crippen LogP contribution is 2.35. The lowest BCUT2D eigenvalue weighted by molar-refractivity contribution is 0.0493. The molecule has 0 aromatic heterocycles. The summed E-state index contributed by atoms with van der Waals surface area (Å²) < 4.78 is 46.1. The van der Waals surface area contributed by atoms with E-state index >= 15 is 0 Å². The minimum Gasteiger partial charge on any atom is -0.444 e. The van der Waals surface area contributed by atoms with Gasteiger partial charge in [-0.1, -0.05) is 6.08 Å². The topological polar surface area (TPSA) is 58.6 Å². The summed E-state index contributed by atoms with van der Waals surface area (Å²) in [4.78, 5) is 12.1. The van der Waals surface area contributed by atoms with E-state index in [9.17, 15) is 23.1 Å². The molecule has 0 heterocycles. The zero-order valence-corrected chi connectivity index (χ0v) is 14.4. The summed E-state index contributed by atoms with van der Waals surface area (Å²) >= 11 is 0. The van der Waals surface area contributed by atoms with Gasteiger partial charge in [-0.15, -0.1) is 0 Å². The van der Waals surface area contributed by atoms with Gasteiger partial charge in [-0.3, -0.25) is 0 Å². The monoisotopic (exact) mass is 357 g/mol. The van der Waals surface area contributed by atoms with Crippen molar-refractivity contribution in [1.82, 2.24) is 5.32 Å². The first-order chi connectivity index (χ1) is 11.6. The molecule has 0 saturated heterocycles. The van der Waals surface area contributed by atoms with Crippen LogP contribution in [0.4, 0.5) is 18.0 Å². The summed E-state index contributed by atoms with van der Waals surface area (Å²) in [5.41, 5.74) is -0.0505. The van der Waals surface area contributed by atoms with E-state index in [1.54, 1.807) is 26.8 Å². The Hall–Kier alpha value is -2.02. The van der Waals surface area contributed by atoms with Crippen LogP contribution < -0.4 is 5.32 Å². The van der Waals surface area contributed by atoms with E-state index in [1.165, 1.54) is 0 Å². The highest BCUT2D eigenvalue weighted by Gasteiger charge is 2.32. The molecule has 2 N–H and O–H groups in total. The highest BCUT2D eigenvalue weighted by atomic mass is 19.2. The number of carbonyl (C=O) groups excluding carboxylic acids is 1. The van der Waals surface area contributed by atoms with Gasteiger partial charge in [0.05, 0.1) is 6.61 Å². The van der Waals surface area contributed by atoms with Gasteiger partial charge in [-0.05, 0) is 50.8 Å². The number of rotatable bonds is 3. The Bertz CT molecular complexity index is 683. The van der Waals surface area contributed by atoms with Gasteiger partial charge in [0, 0.05) is 18.0 Å². The fourth-order valence-corrected chi connectivity index (χ4v) is 2.87. The number of aliphatic hydroxyl groups is 1. The second-order valence-corrected chi connectivity index (χ2v) is 7.11. The van der Waals surface area contributed by atoms with Crippen molar-refractivity contribution in [2.24, 2.45) is 0 Å². The molecule has 2 unspecified atom stereocenters. The minimum atomic E-state index is -1.26. The van der Waals surface area contributed by atoms with Crippen LogP contribution in [-0.2, 0) is 4.74 Å². The molecule has 1 aromatic rings. The van der Waals surface area contributed by atoms with Crippen molar-refractivity contribution in [3.05, 3.63) is 46.8 Å². The molecule has 0 saturated carbocycles. The Labute approximate surface area is 144 Å². The molecular weight excluding hydrogens is 335 g/mol. The summed E-state index contributed by atoms with van der Waals surface area (Å²) in [6.45, 7) is 4.93. The second kappa shape index (κ2) is 7.47. The predicted molar refractivity (Wildman–Crippen MR) is 86.6 cm³/mol. The normalized spacial score (nSPS) is 20.8. The number of halogens is 3. The van der Waals surface area contributed by atoms with E-state index in [-0.39, 0.29) is 25.0 Å². The lowest BCUT2D eigenvalue weighted by Gasteiger charge is -2.33. The van der Waals surface area contributed by atoms with Crippen LogP contribution >= 0.6 is 0 Å². The molecule has 0 spiro atoms. The molecule has 0 fully saturated rings. The lowest BCUT2D eigenvalue weighted by atomic mass is 9.80. The molecular formula is C18H22F3NO3. The Kier molecular flexibility index (Phi) is 5.77. The van der Waals surface area contributed by atoms with Crippen molar-refractivity contribution in [2.75, 3.05) is 6.61 Å². The van der Waals surface area contributed by atoms with Crippen LogP contribution in [0.3, 0.4) is 0 Å². The van der Waals surface area contributed by atoms with Crippen LogP contribution in [0.25, 0.3) is 0 Å². The maximum absolute atomic E-state index is 14.2. The van der Waals surface area contributed by atoms with Crippen LogP contribution in [0.1, 0.15) is 45.1 Å². The molecule has 25 heavy (non-hydrogen) atoms. The molecule has 1 aromatic carbocycles. The summed E-state index contributed by atoms with van der Waals surface area (Å²) in [6, 6.07) is 0.707. The average molecular weight is 357 g/mol. The lowest BCUT2D eigenvalue weighted by Crippen LogP contribution is -2.44. The first-order valence-corrected chi connectivity index (χ1v) is 8.03. The maximum Gasteiger partial charge on any atom is 0.407 e. The van der Waals surface area contributed by atoms with Crippen LogP contribution in [0, 0.1) is 17.5 Å². The Balaban J connectivity index is 2.29. The smallest absolute Gasteiger partial charge is 0.407 e. The largest absolute Gasteiger partial charge is 0.444 e. The van der Waals surface area contributed by atoms with Crippen molar-refractivity contribution in [1.29, 1.82) is 0 Å². The molecule has 138 valence electrons. The Morgan fingerprint density at radius 2 is 1.88 bits per heavy atom. The average Bonchev–Trinajstić information content (AvgIpc) is 2.49. The number of amides is 1. The number of benzene rings is 1. The number of carbonyl (C=O) groups is 1. The second-order valence-electron chi connectivity index (χ2n) is 7.11. The molecule has 1 amide bonds.